The van der Waals surface area contributed by atoms with Gasteiger partial charge >= 0.3 is 11.9 Å². The molecule has 104 valence electrons. The van der Waals surface area contributed by atoms with Crippen molar-refractivity contribution in [2.24, 2.45) is 0 Å². The van der Waals surface area contributed by atoms with Crippen LogP contribution in [0.25, 0.3) is 0 Å². The van der Waals surface area contributed by atoms with Crippen LogP contribution in [0.1, 0.15) is 33.1 Å². The zero-order chi connectivity index (χ0) is 14.3. The minimum atomic E-state index is -1.26. The number of hydrogen-bond donors (Lipinski definition) is 3. The van der Waals surface area contributed by atoms with Gasteiger partial charge in [0.05, 0.1) is 0 Å². The predicted molar refractivity (Wildman–Crippen MR) is 62.1 cm³/mol. The summed E-state index contributed by atoms with van der Waals surface area (Å²) < 4.78 is 5.03. The molecule has 3 N–H and O–H groups in total. The quantitative estimate of drug-likeness (QED) is 0.576. The number of carboxylic acids is 2. The molecule has 0 aromatic rings. The van der Waals surface area contributed by atoms with E-state index in [0.717, 1.165) is 0 Å². The van der Waals surface area contributed by atoms with E-state index in [2.05, 4.69) is 5.32 Å². The van der Waals surface area contributed by atoms with Crippen LogP contribution in [0.4, 0.5) is 0 Å². The number of amides is 1. The average molecular weight is 261 g/mol. The molecular formula is C11H19NO6. The second-order valence-electron chi connectivity index (χ2n) is 4.09. The summed E-state index contributed by atoms with van der Waals surface area (Å²) in [6, 6.07) is -1.23. The highest BCUT2D eigenvalue weighted by Crippen LogP contribution is 2.14. The molecule has 0 aliphatic carbocycles. The molecule has 0 aromatic carbocycles. The average Bonchev–Trinajstić information content (AvgIpc) is 2.32. The number of nitrogens with one attached hydrogen (secondary N) is 1. The van der Waals surface area contributed by atoms with E-state index < -0.39 is 29.5 Å². The topological polar surface area (TPSA) is 113 Å². The van der Waals surface area contributed by atoms with Crippen LogP contribution in [0.5, 0.6) is 0 Å². The molecular weight excluding hydrogens is 242 g/mol. The van der Waals surface area contributed by atoms with Crippen LogP contribution >= 0.6 is 0 Å². The third kappa shape index (κ3) is 4.70. The van der Waals surface area contributed by atoms with Crippen molar-refractivity contribution in [3.63, 3.8) is 0 Å². The van der Waals surface area contributed by atoms with Gasteiger partial charge in [0.25, 0.3) is 5.91 Å². The fourth-order valence-electron chi connectivity index (χ4n) is 1.23. The third-order valence-corrected chi connectivity index (χ3v) is 2.86. The lowest BCUT2D eigenvalue weighted by atomic mass is 10.0. The van der Waals surface area contributed by atoms with E-state index in [0.29, 0.717) is 6.42 Å². The van der Waals surface area contributed by atoms with Gasteiger partial charge in [-0.2, -0.15) is 0 Å². The fourth-order valence-corrected chi connectivity index (χ4v) is 1.23. The molecule has 0 aliphatic heterocycles. The number of carbonyl (C=O) groups excluding carboxylic acids is 1. The van der Waals surface area contributed by atoms with Crippen molar-refractivity contribution in [1.82, 2.24) is 5.32 Å². The number of carboxylic acid groups (broad SMARTS) is 2. The number of hydrogen-bond acceptors (Lipinski definition) is 4. The van der Waals surface area contributed by atoms with E-state index in [1.807, 2.05) is 0 Å². The van der Waals surface area contributed by atoms with Crippen LogP contribution in [0.2, 0.25) is 0 Å². The van der Waals surface area contributed by atoms with E-state index in [-0.39, 0.29) is 12.8 Å². The van der Waals surface area contributed by atoms with Gasteiger partial charge in [0.2, 0.25) is 0 Å². The van der Waals surface area contributed by atoms with Crippen molar-refractivity contribution in [3.05, 3.63) is 0 Å². The molecule has 0 fully saturated rings. The highest BCUT2D eigenvalue weighted by Gasteiger charge is 2.34. The van der Waals surface area contributed by atoms with Crippen molar-refractivity contribution in [3.8, 4) is 0 Å². The molecule has 0 radical (unpaired) electrons. The molecule has 0 saturated carbocycles. The van der Waals surface area contributed by atoms with Crippen LogP contribution < -0.4 is 5.32 Å². The lowest BCUT2D eigenvalue weighted by Gasteiger charge is -2.27. The molecule has 7 nitrogen and oxygen atoms in total. The van der Waals surface area contributed by atoms with Crippen molar-refractivity contribution >= 4 is 17.8 Å². The number of aliphatic carboxylic acids is 2. The molecule has 0 aliphatic rings. The number of carbonyl (C=O) groups is 3. The van der Waals surface area contributed by atoms with Gasteiger partial charge < -0.3 is 20.3 Å². The van der Waals surface area contributed by atoms with Gasteiger partial charge in [0.1, 0.15) is 11.6 Å². The van der Waals surface area contributed by atoms with Crippen molar-refractivity contribution in [1.29, 1.82) is 0 Å². The molecule has 0 bridgehead atoms. The summed E-state index contributed by atoms with van der Waals surface area (Å²) in [4.78, 5) is 33.1. The Balaban J connectivity index is 4.63. The van der Waals surface area contributed by atoms with Crippen LogP contribution in [0.3, 0.4) is 0 Å². The lowest BCUT2D eigenvalue weighted by molar-refractivity contribution is -0.149. The fraction of sp³-hybridized carbons (Fsp3) is 0.727. The Bertz CT molecular complexity index is 323. The van der Waals surface area contributed by atoms with E-state index in [1.54, 1.807) is 13.8 Å². The summed E-state index contributed by atoms with van der Waals surface area (Å²) in [5.74, 6) is -2.94. The monoisotopic (exact) mass is 261 g/mol. The maximum Gasteiger partial charge on any atom is 0.326 e. The summed E-state index contributed by atoms with van der Waals surface area (Å²) in [6.45, 7) is 3.27. The first-order valence-electron chi connectivity index (χ1n) is 5.57. The highest BCUT2D eigenvalue weighted by molar-refractivity contribution is 5.89. The van der Waals surface area contributed by atoms with Gasteiger partial charge in [-0.25, -0.2) is 4.79 Å². The standard InChI is InChI=1S/C11H19NO6/c1-4-11(2,18-3)10(17)12-7(9(15)16)5-6-8(13)14/h7H,4-6H2,1-3H3,(H,12,17)(H,13,14)(H,15,16)/t7-,11?/m0/s1. The minimum Gasteiger partial charge on any atom is -0.481 e. The maximum absolute atomic E-state index is 11.8. The summed E-state index contributed by atoms with van der Waals surface area (Å²) >= 11 is 0. The van der Waals surface area contributed by atoms with Crippen LogP contribution in [-0.4, -0.2) is 46.8 Å². The third-order valence-electron chi connectivity index (χ3n) is 2.86. The molecule has 0 heterocycles. The van der Waals surface area contributed by atoms with Crippen LogP contribution in [-0.2, 0) is 19.1 Å². The van der Waals surface area contributed by atoms with Gasteiger partial charge in [-0.15, -0.1) is 0 Å². The Hall–Kier alpha value is -1.63. The Morgan fingerprint density at radius 2 is 1.89 bits per heavy atom. The van der Waals surface area contributed by atoms with E-state index in [4.69, 9.17) is 14.9 Å². The SMILES string of the molecule is CCC(C)(OC)C(=O)N[C@@H](CCC(=O)O)C(=O)O. The zero-order valence-corrected chi connectivity index (χ0v) is 10.7. The Morgan fingerprint density at radius 3 is 2.22 bits per heavy atom. The summed E-state index contributed by atoms with van der Waals surface area (Å²) in [5.41, 5.74) is -1.11. The smallest absolute Gasteiger partial charge is 0.326 e. The van der Waals surface area contributed by atoms with Crippen molar-refractivity contribution in [2.45, 2.75) is 44.8 Å². The maximum atomic E-state index is 11.8. The largest absolute Gasteiger partial charge is 0.481 e. The Morgan fingerprint density at radius 1 is 1.33 bits per heavy atom. The van der Waals surface area contributed by atoms with Gasteiger partial charge in [-0.1, -0.05) is 6.92 Å². The normalized spacial score (nSPS) is 15.5. The minimum absolute atomic E-state index is 0.167. The summed E-state index contributed by atoms with van der Waals surface area (Å²) in [5, 5.41) is 19.7. The Kier molecular flexibility index (Phi) is 6.32. The first-order valence-corrected chi connectivity index (χ1v) is 5.57. The van der Waals surface area contributed by atoms with Gasteiger partial charge in [-0.3, -0.25) is 9.59 Å². The number of methoxy groups -OCH3 is 1. The zero-order valence-electron chi connectivity index (χ0n) is 10.7. The van der Waals surface area contributed by atoms with E-state index >= 15 is 0 Å². The van der Waals surface area contributed by atoms with Gasteiger partial charge in [0, 0.05) is 13.5 Å². The van der Waals surface area contributed by atoms with Crippen LogP contribution in [0, 0.1) is 0 Å². The Labute approximate surface area is 105 Å². The van der Waals surface area contributed by atoms with Crippen molar-refractivity contribution < 1.29 is 29.3 Å². The van der Waals surface area contributed by atoms with Gasteiger partial charge in [0.15, 0.2) is 0 Å². The summed E-state index contributed by atoms with van der Waals surface area (Å²) in [6.07, 6.45) is -0.117. The van der Waals surface area contributed by atoms with Crippen LogP contribution in [0.15, 0.2) is 0 Å². The van der Waals surface area contributed by atoms with Crippen molar-refractivity contribution in [2.75, 3.05) is 7.11 Å². The molecule has 0 aromatic heterocycles. The van der Waals surface area contributed by atoms with E-state index in [9.17, 15) is 14.4 Å². The number of rotatable bonds is 8. The first-order chi connectivity index (χ1) is 8.26. The van der Waals surface area contributed by atoms with Gasteiger partial charge in [-0.05, 0) is 19.8 Å². The molecule has 1 unspecified atom stereocenters. The lowest BCUT2D eigenvalue weighted by Crippen LogP contribution is -2.51. The first kappa shape index (κ1) is 16.4. The summed E-state index contributed by atoms with van der Waals surface area (Å²) in [7, 11) is 1.36. The molecule has 0 saturated heterocycles. The molecule has 18 heavy (non-hydrogen) atoms. The molecule has 0 spiro atoms. The second kappa shape index (κ2) is 6.95. The highest BCUT2D eigenvalue weighted by atomic mass is 16.5. The molecule has 7 heteroatoms. The molecule has 1 amide bonds. The molecule has 2 atom stereocenters. The van der Waals surface area contributed by atoms with E-state index in [1.165, 1.54) is 7.11 Å². The molecule has 0 rings (SSSR count). The number of ether oxygens (including phenoxy) is 1. The predicted octanol–water partition coefficient (Wildman–Crippen LogP) is 0.236. The second-order valence-corrected chi connectivity index (χ2v) is 4.09.